The quantitative estimate of drug-likeness (QED) is 0.671. The lowest BCUT2D eigenvalue weighted by molar-refractivity contribution is 0.243. The molecule has 0 spiro atoms. The molecule has 6 nitrogen and oxygen atoms in total. The molecule has 0 unspecified atom stereocenters. The molecule has 2 aromatic rings. The summed E-state index contributed by atoms with van der Waals surface area (Å²) in [4.78, 5) is 11.1. The number of aromatic nitrogens is 1. The van der Waals surface area contributed by atoms with Gasteiger partial charge in [0.15, 0.2) is 0 Å². The molecule has 110 valence electrons. The third-order valence-electron chi connectivity index (χ3n) is 2.69. The van der Waals surface area contributed by atoms with Gasteiger partial charge in [-0.2, -0.15) is 5.10 Å². The van der Waals surface area contributed by atoms with Gasteiger partial charge in [0.1, 0.15) is 11.5 Å². The molecule has 0 fully saturated rings. The van der Waals surface area contributed by atoms with Gasteiger partial charge in [0, 0.05) is 12.6 Å². The van der Waals surface area contributed by atoms with E-state index in [0.717, 1.165) is 0 Å². The van der Waals surface area contributed by atoms with Crippen molar-refractivity contribution < 1.29 is 9.32 Å². The highest BCUT2D eigenvalue weighted by atomic mass is 35.5. The molecule has 0 radical (unpaired) electrons. The second-order valence-electron chi connectivity index (χ2n) is 4.05. The third-order valence-corrected chi connectivity index (χ3v) is 3.32. The highest BCUT2D eigenvalue weighted by Crippen LogP contribution is 2.36. The summed E-state index contributed by atoms with van der Waals surface area (Å²) in [5, 5.41) is 11.1. The van der Waals surface area contributed by atoms with E-state index < -0.39 is 6.03 Å². The zero-order valence-electron chi connectivity index (χ0n) is 11.3. The second-order valence-corrected chi connectivity index (χ2v) is 4.86. The predicted octanol–water partition coefficient (Wildman–Crippen LogP) is 3.22. The molecule has 0 aliphatic heterocycles. The third kappa shape index (κ3) is 3.34. The van der Waals surface area contributed by atoms with Crippen molar-refractivity contribution in [2.75, 3.05) is 7.05 Å². The van der Waals surface area contributed by atoms with Gasteiger partial charge in [0.05, 0.1) is 21.8 Å². The van der Waals surface area contributed by atoms with Crippen molar-refractivity contribution in [3.05, 3.63) is 39.6 Å². The first-order valence-electron chi connectivity index (χ1n) is 5.96. The lowest BCUT2D eigenvalue weighted by atomic mass is 10.1. The van der Waals surface area contributed by atoms with Crippen molar-refractivity contribution in [2.24, 2.45) is 5.10 Å². The Kier molecular flexibility index (Phi) is 4.82. The number of hydrazone groups is 1. The lowest BCUT2D eigenvalue weighted by Gasteiger charge is -2.04. The summed E-state index contributed by atoms with van der Waals surface area (Å²) in [5.74, 6) is 0.531. The Balaban J connectivity index is 2.41. The Labute approximate surface area is 131 Å². The smallest absolute Gasteiger partial charge is 0.334 e. The van der Waals surface area contributed by atoms with Crippen molar-refractivity contribution in [3.8, 4) is 11.3 Å². The molecule has 0 atom stereocenters. The Hall–Kier alpha value is -2.05. The first-order valence-corrected chi connectivity index (χ1v) is 6.71. The maximum Gasteiger partial charge on any atom is 0.334 e. The van der Waals surface area contributed by atoms with Crippen LogP contribution in [0.3, 0.4) is 0 Å². The van der Waals surface area contributed by atoms with Crippen LogP contribution in [-0.4, -0.2) is 24.5 Å². The minimum Gasteiger partial charge on any atom is -0.360 e. The number of nitrogens with one attached hydrogen (secondary N) is 2. The van der Waals surface area contributed by atoms with Gasteiger partial charge in [-0.1, -0.05) is 34.4 Å². The highest BCUT2D eigenvalue weighted by Gasteiger charge is 2.18. The van der Waals surface area contributed by atoms with Gasteiger partial charge in [-0.3, -0.25) is 0 Å². The maximum absolute atomic E-state index is 11.1. The zero-order valence-corrected chi connectivity index (χ0v) is 12.8. The SMILES string of the molecule is CNC(=O)N/N=C\c1c(-c2c(Cl)cccc2Cl)noc1C. The van der Waals surface area contributed by atoms with Crippen LogP contribution in [0.25, 0.3) is 11.3 Å². The summed E-state index contributed by atoms with van der Waals surface area (Å²) in [5.41, 5.74) is 3.89. The molecule has 0 bridgehead atoms. The molecular formula is C13H12Cl2N4O2. The van der Waals surface area contributed by atoms with E-state index >= 15 is 0 Å². The molecule has 21 heavy (non-hydrogen) atoms. The van der Waals surface area contributed by atoms with Crippen LogP contribution in [0.15, 0.2) is 27.8 Å². The van der Waals surface area contributed by atoms with Crippen LogP contribution >= 0.6 is 23.2 Å². The molecule has 1 heterocycles. The van der Waals surface area contributed by atoms with Crippen LogP contribution in [-0.2, 0) is 0 Å². The van der Waals surface area contributed by atoms with Crippen LogP contribution in [0, 0.1) is 6.92 Å². The van der Waals surface area contributed by atoms with E-state index in [0.29, 0.717) is 32.6 Å². The fourth-order valence-electron chi connectivity index (χ4n) is 1.65. The number of urea groups is 1. The average molecular weight is 327 g/mol. The van der Waals surface area contributed by atoms with Crippen molar-refractivity contribution >= 4 is 35.4 Å². The second kappa shape index (κ2) is 6.60. The molecule has 0 aliphatic rings. The first-order chi connectivity index (χ1) is 10.0. The van der Waals surface area contributed by atoms with E-state index in [9.17, 15) is 4.79 Å². The van der Waals surface area contributed by atoms with Gasteiger partial charge in [0.2, 0.25) is 0 Å². The monoisotopic (exact) mass is 326 g/mol. The van der Waals surface area contributed by atoms with Gasteiger partial charge in [-0.05, 0) is 19.1 Å². The Morgan fingerprint density at radius 3 is 2.67 bits per heavy atom. The molecule has 2 amide bonds. The van der Waals surface area contributed by atoms with Gasteiger partial charge in [-0.25, -0.2) is 10.2 Å². The number of nitrogens with zero attached hydrogens (tertiary/aromatic N) is 2. The normalized spacial score (nSPS) is 10.9. The summed E-state index contributed by atoms with van der Waals surface area (Å²) >= 11 is 12.3. The lowest BCUT2D eigenvalue weighted by Crippen LogP contribution is -2.28. The number of rotatable bonds is 3. The van der Waals surface area contributed by atoms with Gasteiger partial charge in [-0.15, -0.1) is 0 Å². The summed E-state index contributed by atoms with van der Waals surface area (Å²) < 4.78 is 5.16. The van der Waals surface area contributed by atoms with Crippen LogP contribution < -0.4 is 10.7 Å². The molecule has 2 N–H and O–H groups in total. The molecule has 1 aromatic heterocycles. The largest absolute Gasteiger partial charge is 0.360 e. The average Bonchev–Trinajstić information content (AvgIpc) is 2.80. The predicted molar refractivity (Wildman–Crippen MR) is 81.9 cm³/mol. The van der Waals surface area contributed by atoms with E-state index in [-0.39, 0.29) is 0 Å². The van der Waals surface area contributed by atoms with Crippen LogP contribution in [0.2, 0.25) is 10.0 Å². The van der Waals surface area contributed by atoms with Crippen molar-refractivity contribution in [2.45, 2.75) is 6.92 Å². The van der Waals surface area contributed by atoms with Crippen LogP contribution in [0.4, 0.5) is 4.79 Å². The van der Waals surface area contributed by atoms with Gasteiger partial charge >= 0.3 is 6.03 Å². The van der Waals surface area contributed by atoms with Crippen LogP contribution in [0.1, 0.15) is 11.3 Å². The molecule has 2 rings (SSSR count). The molecule has 0 saturated carbocycles. The molecule has 8 heteroatoms. The van der Waals surface area contributed by atoms with E-state index in [2.05, 4.69) is 21.0 Å². The van der Waals surface area contributed by atoms with Gasteiger partial charge < -0.3 is 9.84 Å². The van der Waals surface area contributed by atoms with E-state index in [4.69, 9.17) is 27.7 Å². The number of amides is 2. The van der Waals surface area contributed by atoms with Crippen molar-refractivity contribution in [3.63, 3.8) is 0 Å². The Bertz CT molecular complexity index is 677. The number of carbonyl (C=O) groups is 1. The zero-order chi connectivity index (χ0) is 15.4. The van der Waals surface area contributed by atoms with Crippen molar-refractivity contribution in [1.82, 2.24) is 15.9 Å². The minimum atomic E-state index is -0.433. The highest BCUT2D eigenvalue weighted by molar-refractivity contribution is 6.39. The number of benzene rings is 1. The summed E-state index contributed by atoms with van der Waals surface area (Å²) in [6, 6.07) is 4.72. The standard InChI is InChI=1S/C13H12Cl2N4O2/c1-7-8(6-17-18-13(20)16-2)12(19-21-7)11-9(14)4-3-5-10(11)15/h3-6H,1-2H3,(H2,16,18,20)/b17-6-. The minimum absolute atomic E-state index is 0.433. The number of halogens is 2. The number of hydrogen-bond acceptors (Lipinski definition) is 4. The van der Waals surface area contributed by atoms with E-state index in [1.165, 1.54) is 13.3 Å². The van der Waals surface area contributed by atoms with Crippen molar-refractivity contribution in [1.29, 1.82) is 0 Å². The molecule has 0 aliphatic carbocycles. The molecule has 0 saturated heterocycles. The summed E-state index contributed by atoms with van der Waals surface area (Å²) in [7, 11) is 1.49. The number of aryl methyl sites for hydroxylation is 1. The molecular weight excluding hydrogens is 315 g/mol. The summed E-state index contributed by atoms with van der Waals surface area (Å²) in [6.45, 7) is 1.72. The maximum atomic E-state index is 11.1. The number of carbonyl (C=O) groups excluding carboxylic acids is 1. The van der Waals surface area contributed by atoms with E-state index in [1.54, 1.807) is 25.1 Å². The molecule has 1 aromatic carbocycles. The number of hydrogen-bond donors (Lipinski definition) is 2. The topological polar surface area (TPSA) is 79.5 Å². The Morgan fingerprint density at radius 2 is 2.05 bits per heavy atom. The van der Waals surface area contributed by atoms with Gasteiger partial charge in [0.25, 0.3) is 0 Å². The fraction of sp³-hybridized carbons (Fsp3) is 0.154. The van der Waals surface area contributed by atoms with E-state index in [1.807, 2.05) is 0 Å². The van der Waals surface area contributed by atoms with Crippen LogP contribution in [0.5, 0.6) is 0 Å². The summed E-state index contributed by atoms with van der Waals surface area (Å²) in [6.07, 6.45) is 1.43. The Morgan fingerprint density at radius 1 is 1.38 bits per heavy atom. The first kappa shape index (κ1) is 15.3. The fourth-order valence-corrected chi connectivity index (χ4v) is 2.22.